The van der Waals surface area contributed by atoms with E-state index in [9.17, 15) is 0 Å². The first kappa shape index (κ1) is 11.4. The monoisotopic (exact) mass is 220 g/mol. The molecule has 1 heteroatoms. The maximum Gasteiger partial charge on any atom is 0.0991 e. The molecule has 0 aliphatic carbocycles. The third-order valence-corrected chi connectivity index (χ3v) is 2.74. The van der Waals surface area contributed by atoms with Crippen molar-refractivity contribution in [1.82, 2.24) is 0 Å². The van der Waals surface area contributed by atoms with Gasteiger partial charge in [-0.1, -0.05) is 43.7 Å². The number of hydrogen-bond acceptors (Lipinski definition) is 1. The van der Waals surface area contributed by atoms with Gasteiger partial charge in [0.05, 0.1) is 11.6 Å². The smallest absolute Gasteiger partial charge is 0.0991 e. The molecular formula is C16H14N. The summed E-state index contributed by atoms with van der Waals surface area (Å²) in [6, 6.07) is 19.3. The Morgan fingerprint density at radius 2 is 1.88 bits per heavy atom. The second-order valence-corrected chi connectivity index (χ2v) is 4.05. The lowest BCUT2D eigenvalue weighted by molar-refractivity contribution is 0.922. The summed E-state index contributed by atoms with van der Waals surface area (Å²) in [6.45, 7) is 2.18. The van der Waals surface area contributed by atoms with E-state index in [0.717, 1.165) is 24.0 Å². The van der Waals surface area contributed by atoms with Crippen LogP contribution in [0, 0.1) is 17.4 Å². The van der Waals surface area contributed by atoms with E-state index >= 15 is 0 Å². The Morgan fingerprint density at radius 3 is 2.41 bits per heavy atom. The molecule has 0 heterocycles. The standard InChI is InChI=1S/C16H14N/c1-2-3-13-4-8-15(9-5-13)16-10-6-14(12-17)7-11-16/h4-8,10-11H,2-3H2,1H3. The minimum Gasteiger partial charge on any atom is -0.192 e. The summed E-state index contributed by atoms with van der Waals surface area (Å²) in [4.78, 5) is 0. The minimum absolute atomic E-state index is 0.691. The van der Waals surface area contributed by atoms with E-state index in [-0.39, 0.29) is 0 Å². The van der Waals surface area contributed by atoms with Gasteiger partial charge in [0.15, 0.2) is 0 Å². The summed E-state index contributed by atoms with van der Waals surface area (Å²) in [5.41, 5.74) is 4.20. The van der Waals surface area contributed by atoms with Gasteiger partial charge in [-0.05, 0) is 41.3 Å². The van der Waals surface area contributed by atoms with Gasteiger partial charge in [0.1, 0.15) is 0 Å². The van der Waals surface area contributed by atoms with Crippen molar-refractivity contribution >= 4 is 0 Å². The number of nitrogens with zero attached hydrogens (tertiary/aromatic N) is 1. The van der Waals surface area contributed by atoms with Gasteiger partial charge >= 0.3 is 0 Å². The van der Waals surface area contributed by atoms with Gasteiger partial charge in [-0.15, -0.1) is 0 Å². The summed E-state index contributed by atoms with van der Waals surface area (Å²) < 4.78 is 0. The van der Waals surface area contributed by atoms with Crippen LogP contribution in [0.1, 0.15) is 24.5 Å². The third kappa shape index (κ3) is 2.73. The zero-order valence-corrected chi connectivity index (χ0v) is 9.90. The van der Waals surface area contributed by atoms with E-state index in [0.29, 0.717) is 5.56 Å². The molecule has 0 saturated carbocycles. The molecule has 0 amide bonds. The van der Waals surface area contributed by atoms with Gasteiger partial charge in [0.2, 0.25) is 0 Å². The van der Waals surface area contributed by atoms with Crippen molar-refractivity contribution < 1.29 is 0 Å². The Hall–Kier alpha value is -2.07. The van der Waals surface area contributed by atoms with Crippen LogP contribution in [0.3, 0.4) is 0 Å². The van der Waals surface area contributed by atoms with E-state index in [1.54, 1.807) is 0 Å². The maximum absolute atomic E-state index is 8.74. The van der Waals surface area contributed by atoms with Crippen LogP contribution in [-0.4, -0.2) is 0 Å². The molecular weight excluding hydrogens is 206 g/mol. The molecule has 2 aromatic carbocycles. The van der Waals surface area contributed by atoms with Crippen molar-refractivity contribution in [2.75, 3.05) is 0 Å². The molecule has 0 N–H and O–H groups in total. The fourth-order valence-electron chi connectivity index (χ4n) is 1.81. The highest BCUT2D eigenvalue weighted by atomic mass is 14.2. The van der Waals surface area contributed by atoms with Crippen molar-refractivity contribution in [3.05, 3.63) is 59.7 Å². The number of hydrogen-bond donors (Lipinski definition) is 0. The van der Waals surface area contributed by atoms with Crippen LogP contribution in [-0.2, 0) is 6.42 Å². The molecule has 0 aliphatic rings. The average Bonchev–Trinajstić information content (AvgIpc) is 2.40. The first-order valence-electron chi connectivity index (χ1n) is 5.84. The van der Waals surface area contributed by atoms with E-state index < -0.39 is 0 Å². The summed E-state index contributed by atoms with van der Waals surface area (Å²) in [5.74, 6) is 0. The van der Waals surface area contributed by atoms with Crippen LogP contribution in [0.2, 0.25) is 0 Å². The Morgan fingerprint density at radius 1 is 1.12 bits per heavy atom. The molecule has 0 atom stereocenters. The quantitative estimate of drug-likeness (QED) is 0.767. The first-order valence-corrected chi connectivity index (χ1v) is 5.84. The molecule has 1 radical (unpaired) electrons. The number of nitriles is 1. The molecule has 0 spiro atoms. The lowest BCUT2D eigenvalue weighted by Gasteiger charge is -2.03. The SMILES string of the molecule is CCCc1c[c]c(-c2ccc(C#N)cc2)cc1. The zero-order chi connectivity index (χ0) is 12.1. The fraction of sp³-hybridized carbons (Fsp3) is 0.188. The molecule has 0 aromatic heterocycles. The van der Waals surface area contributed by atoms with Crippen molar-refractivity contribution in [2.24, 2.45) is 0 Å². The van der Waals surface area contributed by atoms with Crippen LogP contribution in [0.4, 0.5) is 0 Å². The number of aryl methyl sites for hydroxylation is 1. The third-order valence-electron chi connectivity index (χ3n) is 2.74. The summed E-state index contributed by atoms with van der Waals surface area (Å²) in [7, 11) is 0. The molecule has 0 saturated heterocycles. The van der Waals surface area contributed by atoms with Crippen LogP contribution < -0.4 is 0 Å². The second kappa shape index (κ2) is 5.32. The normalized spacial score (nSPS) is 9.88. The van der Waals surface area contributed by atoms with Crippen molar-refractivity contribution in [3.63, 3.8) is 0 Å². The first-order chi connectivity index (χ1) is 8.33. The topological polar surface area (TPSA) is 23.8 Å². The van der Waals surface area contributed by atoms with Gasteiger partial charge < -0.3 is 0 Å². The van der Waals surface area contributed by atoms with Crippen LogP contribution in [0.25, 0.3) is 11.1 Å². The maximum atomic E-state index is 8.74. The Bertz CT molecular complexity index is 515. The van der Waals surface area contributed by atoms with E-state index in [1.807, 2.05) is 24.3 Å². The summed E-state index contributed by atoms with van der Waals surface area (Å²) in [5, 5.41) is 8.74. The van der Waals surface area contributed by atoms with Crippen molar-refractivity contribution in [2.45, 2.75) is 19.8 Å². The highest BCUT2D eigenvalue weighted by Crippen LogP contribution is 2.20. The van der Waals surface area contributed by atoms with Gasteiger partial charge in [-0.25, -0.2) is 0 Å². The molecule has 17 heavy (non-hydrogen) atoms. The lowest BCUT2D eigenvalue weighted by Crippen LogP contribution is -1.84. The van der Waals surface area contributed by atoms with E-state index in [2.05, 4.69) is 37.3 Å². The molecule has 0 bridgehead atoms. The van der Waals surface area contributed by atoms with Crippen LogP contribution >= 0.6 is 0 Å². The summed E-state index contributed by atoms with van der Waals surface area (Å²) in [6.07, 6.45) is 2.26. The van der Waals surface area contributed by atoms with Gasteiger partial charge in [0, 0.05) is 0 Å². The molecule has 2 rings (SSSR count). The molecule has 1 nitrogen and oxygen atoms in total. The van der Waals surface area contributed by atoms with Crippen LogP contribution in [0.15, 0.2) is 42.5 Å². The largest absolute Gasteiger partial charge is 0.192 e. The number of benzene rings is 2. The van der Waals surface area contributed by atoms with Gasteiger partial charge in [0.25, 0.3) is 0 Å². The van der Waals surface area contributed by atoms with Crippen LogP contribution in [0.5, 0.6) is 0 Å². The molecule has 83 valence electrons. The molecule has 0 fully saturated rings. The zero-order valence-electron chi connectivity index (χ0n) is 9.90. The lowest BCUT2D eigenvalue weighted by atomic mass is 10.0. The molecule has 0 aliphatic heterocycles. The van der Waals surface area contributed by atoms with Crippen molar-refractivity contribution in [3.8, 4) is 17.2 Å². The highest BCUT2D eigenvalue weighted by molar-refractivity contribution is 5.63. The minimum atomic E-state index is 0.691. The van der Waals surface area contributed by atoms with E-state index in [4.69, 9.17) is 5.26 Å². The van der Waals surface area contributed by atoms with Gasteiger partial charge in [-0.3, -0.25) is 0 Å². The Kier molecular flexibility index (Phi) is 3.57. The second-order valence-electron chi connectivity index (χ2n) is 4.05. The summed E-state index contributed by atoms with van der Waals surface area (Å²) >= 11 is 0. The Labute approximate surface area is 102 Å². The van der Waals surface area contributed by atoms with Crippen molar-refractivity contribution in [1.29, 1.82) is 5.26 Å². The fourth-order valence-corrected chi connectivity index (χ4v) is 1.81. The average molecular weight is 220 g/mol. The van der Waals surface area contributed by atoms with E-state index in [1.165, 1.54) is 5.56 Å². The number of rotatable bonds is 3. The molecule has 2 aromatic rings. The molecule has 0 unspecified atom stereocenters. The Balaban J connectivity index is 2.24. The highest BCUT2D eigenvalue weighted by Gasteiger charge is 1.98. The predicted octanol–water partition coefficient (Wildman–Crippen LogP) is 3.98. The van der Waals surface area contributed by atoms with Gasteiger partial charge in [-0.2, -0.15) is 5.26 Å². The predicted molar refractivity (Wildman–Crippen MR) is 69.4 cm³/mol.